The van der Waals surface area contributed by atoms with Crippen LogP contribution in [0.25, 0.3) is 11.0 Å². The van der Waals surface area contributed by atoms with Crippen LogP contribution in [0.5, 0.6) is 0 Å². The fourth-order valence-electron chi connectivity index (χ4n) is 2.99. The van der Waals surface area contributed by atoms with E-state index in [0.717, 1.165) is 26.2 Å². The number of aromatic nitrogens is 4. The van der Waals surface area contributed by atoms with Crippen molar-refractivity contribution in [1.29, 1.82) is 0 Å². The zero-order valence-corrected chi connectivity index (χ0v) is 12.9. The first kappa shape index (κ1) is 13.8. The van der Waals surface area contributed by atoms with Crippen LogP contribution in [0, 0.1) is 0 Å². The zero-order chi connectivity index (χ0) is 15.8. The number of hydrogen-bond donors (Lipinski definition) is 1. The van der Waals surface area contributed by atoms with Crippen LogP contribution in [0.4, 0.5) is 11.6 Å². The Hall–Kier alpha value is -2.83. The molecule has 3 aromatic rings. The maximum atomic E-state index is 12.2. The standard InChI is InChI=1S/C16H18N6O/c1-20-14-13(11-17-20)15(23)19-16(18-14)22-9-7-21(8-10-22)12-5-3-2-4-6-12/h2-6,11H,7-10H2,1H3,(H,18,19,23). The Bertz CT molecular complexity index is 876. The number of fused-ring (bicyclic) bond motifs is 1. The Labute approximate surface area is 133 Å². The van der Waals surface area contributed by atoms with E-state index in [4.69, 9.17) is 0 Å². The summed E-state index contributed by atoms with van der Waals surface area (Å²) >= 11 is 0. The summed E-state index contributed by atoms with van der Waals surface area (Å²) in [6.45, 7) is 3.44. The van der Waals surface area contributed by atoms with Gasteiger partial charge in [0.15, 0.2) is 5.65 Å². The van der Waals surface area contributed by atoms with Crippen molar-refractivity contribution in [2.45, 2.75) is 0 Å². The van der Waals surface area contributed by atoms with Gasteiger partial charge in [0.2, 0.25) is 5.95 Å². The van der Waals surface area contributed by atoms with Crippen molar-refractivity contribution in [3.05, 3.63) is 46.9 Å². The highest BCUT2D eigenvalue weighted by molar-refractivity contribution is 5.74. The van der Waals surface area contributed by atoms with Gasteiger partial charge in [-0.25, -0.2) is 0 Å². The summed E-state index contributed by atoms with van der Waals surface area (Å²) in [4.78, 5) is 24.1. The summed E-state index contributed by atoms with van der Waals surface area (Å²) in [5, 5.41) is 4.63. The summed E-state index contributed by atoms with van der Waals surface area (Å²) in [5.74, 6) is 0.624. The van der Waals surface area contributed by atoms with Gasteiger partial charge in [-0.15, -0.1) is 0 Å². The summed E-state index contributed by atoms with van der Waals surface area (Å²) in [6, 6.07) is 10.4. The zero-order valence-electron chi connectivity index (χ0n) is 12.9. The molecule has 3 heterocycles. The summed E-state index contributed by atoms with van der Waals surface area (Å²) < 4.78 is 1.63. The molecule has 1 aliphatic heterocycles. The minimum Gasteiger partial charge on any atom is -0.368 e. The molecule has 1 N–H and O–H groups in total. The van der Waals surface area contributed by atoms with Crippen molar-refractivity contribution < 1.29 is 0 Å². The molecule has 7 heteroatoms. The van der Waals surface area contributed by atoms with E-state index in [2.05, 4.69) is 49.1 Å². The number of aromatic amines is 1. The van der Waals surface area contributed by atoms with Crippen LogP contribution in [0.3, 0.4) is 0 Å². The largest absolute Gasteiger partial charge is 0.368 e. The van der Waals surface area contributed by atoms with E-state index in [-0.39, 0.29) is 5.56 Å². The fourth-order valence-corrected chi connectivity index (χ4v) is 2.99. The van der Waals surface area contributed by atoms with E-state index in [0.29, 0.717) is 17.0 Å². The monoisotopic (exact) mass is 310 g/mol. The molecule has 0 spiro atoms. The van der Waals surface area contributed by atoms with Gasteiger partial charge in [-0.05, 0) is 12.1 Å². The Balaban J connectivity index is 1.57. The maximum absolute atomic E-state index is 12.2. The van der Waals surface area contributed by atoms with Gasteiger partial charge in [0.1, 0.15) is 5.39 Å². The van der Waals surface area contributed by atoms with Gasteiger partial charge in [0, 0.05) is 38.9 Å². The summed E-state index contributed by atoms with van der Waals surface area (Å²) in [7, 11) is 1.80. The number of rotatable bonds is 2. The third-order valence-corrected chi connectivity index (χ3v) is 4.29. The van der Waals surface area contributed by atoms with Crippen LogP contribution in [-0.2, 0) is 7.05 Å². The van der Waals surface area contributed by atoms with Crippen LogP contribution in [0.2, 0.25) is 0 Å². The van der Waals surface area contributed by atoms with Gasteiger partial charge in [-0.3, -0.25) is 14.5 Å². The van der Waals surface area contributed by atoms with Crippen molar-refractivity contribution >= 4 is 22.7 Å². The molecule has 0 aliphatic carbocycles. The van der Waals surface area contributed by atoms with E-state index in [1.165, 1.54) is 5.69 Å². The lowest BCUT2D eigenvalue weighted by atomic mass is 10.2. The van der Waals surface area contributed by atoms with Gasteiger partial charge in [0.05, 0.1) is 6.20 Å². The highest BCUT2D eigenvalue weighted by Gasteiger charge is 2.20. The van der Waals surface area contributed by atoms with Crippen molar-refractivity contribution in [3.63, 3.8) is 0 Å². The van der Waals surface area contributed by atoms with Crippen molar-refractivity contribution in [3.8, 4) is 0 Å². The van der Waals surface area contributed by atoms with E-state index < -0.39 is 0 Å². The molecule has 1 saturated heterocycles. The number of nitrogens with zero attached hydrogens (tertiary/aromatic N) is 5. The molecule has 118 valence electrons. The predicted octanol–water partition coefficient (Wildman–Crippen LogP) is 0.983. The molecule has 0 saturated carbocycles. The second-order valence-electron chi connectivity index (χ2n) is 5.70. The number of para-hydroxylation sites is 1. The Morgan fingerprint density at radius 2 is 1.74 bits per heavy atom. The number of hydrogen-bond acceptors (Lipinski definition) is 5. The third-order valence-electron chi connectivity index (χ3n) is 4.29. The predicted molar refractivity (Wildman–Crippen MR) is 90.0 cm³/mol. The van der Waals surface area contributed by atoms with E-state index in [1.807, 2.05) is 6.07 Å². The van der Waals surface area contributed by atoms with Crippen LogP contribution in [-0.4, -0.2) is 45.9 Å². The molecule has 23 heavy (non-hydrogen) atoms. The minimum atomic E-state index is -0.136. The van der Waals surface area contributed by atoms with E-state index in [9.17, 15) is 4.79 Å². The molecule has 1 fully saturated rings. The molecule has 0 bridgehead atoms. The molecule has 4 rings (SSSR count). The van der Waals surface area contributed by atoms with Gasteiger partial charge >= 0.3 is 0 Å². The summed E-state index contributed by atoms with van der Waals surface area (Å²) in [5.41, 5.74) is 1.72. The quantitative estimate of drug-likeness (QED) is 0.764. The molecule has 1 aromatic carbocycles. The number of aryl methyl sites for hydroxylation is 1. The molecular weight excluding hydrogens is 292 g/mol. The number of benzene rings is 1. The third kappa shape index (κ3) is 2.44. The van der Waals surface area contributed by atoms with Gasteiger partial charge < -0.3 is 9.80 Å². The average molecular weight is 310 g/mol. The smallest absolute Gasteiger partial charge is 0.263 e. The van der Waals surface area contributed by atoms with Crippen LogP contribution in [0.15, 0.2) is 41.3 Å². The van der Waals surface area contributed by atoms with E-state index >= 15 is 0 Å². The molecule has 0 radical (unpaired) electrons. The number of piperazine rings is 1. The molecule has 0 atom stereocenters. The van der Waals surface area contributed by atoms with Crippen molar-refractivity contribution in [2.75, 3.05) is 36.0 Å². The lowest BCUT2D eigenvalue weighted by Gasteiger charge is -2.36. The highest BCUT2D eigenvalue weighted by atomic mass is 16.1. The first-order chi connectivity index (χ1) is 11.2. The van der Waals surface area contributed by atoms with E-state index in [1.54, 1.807) is 17.9 Å². The molecule has 2 aromatic heterocycles. The lowest BCUT2D eigenvalue weighted by molar-refractivity contribution is 0.639. The number of H-pyrrole nitrogens is 1. The first-order valence-electron chi connectivity index (χ1n) is 7.69. The normalized spacial score (nSPS) is 15.3. The topological polar surface area (TPSA) is 70.1 Å². The van der Waals surface area contributed by atoms with Crippen molar-refractivity contribution in [2.24, 2.45) is 7.05 Å². The Kier molecular flexibility index (Phi) is 3.25. The molecule has 0 amide bonds. The van der Waals surface area contributed by atoms with Gasteiger partial charge in [-0.2, -0.15) is 10.1 Å². The molecule has 0 unspecified atom stereocenters. The maximum Gasteiger partial charge on any atom is 0.263 e. The van der Waals surface area contributed by atoms with Crippen LogP contribution < -0.4 is 15.4 Å². The molecule has 7 nitrogen and oxygen atoms in total. The minimum absolute atomic E-state index is 0.136. The van der Waals surface area contributed by atoms with Gasteiger partial charge in [-0.1, -0.05) is 18.2 Å². The van der Waals surface area contributed by atoms with Crippen molar-refractivity contribution in [1.82, 2.24) is 19.7 Å². The lowest BCUT2D eigenvalue weighted by Crippen LogP contribution is -2.47. The Morgan fingerprint density at radius 3 is 2.48 bits per heavy atom. The van der Waals surface area contributed by atoms with Gasteiger partial charge in [0.25, 0.3) is 5.56 Å². The summed E-state index contributed by atoms with van der Waals surface area (Å²) in [6.07, 6.45) is 1.55. The first-order valence-corrected chi connectivity index (χ1v) is 7.69. The number of nitrogens with one attached hydrogen (secondary N) is 1. The highest BCUT2D eigenvalue weighted by Crippen LogP contribution is 2.18. The second kappa shape index (κ2) is 5.42. The average Bonchev–Trinajstić information content (AvgIpc) is 2.98. The molecule has 1 aliphatic rings. The SMILES string of the molecule is Cn1ncc2c(=O)[nH]c(N3CCN(c4ccccc4)CC3)nc21. The van der Waals surface area contributed by atoms with Crippen LogP contribution in [0.1, 0.15) is 0 Å². The molecular formula is C16H18N6O. The second-order valence-corrected chi connectivity index (χ2v) is 5.70. The number of anilines is 2. The Morgan fingerprint density at radius 1 is 1.04 bits per heavy atom. The fraction of sp³-hybridized carbons (Fsp3) is 0.312. The van der Waals surface area contributed by atoms with Crippen LogP contribution >= 0.6 is 0 Å².